The molecule has 0 saturated carbocycles. The second kappa shape index (κ2) is 5.55. The van der Waals surface area contributed by atoms with Gasteiger partial charge in [-0.3, -0.25) is 9.71 Å². The van der Waals surface area contributed by atoms with Gasteiger partial charge in [-0.2, -0.15) is 0 Å². The smallest absolute Gasteiger partial charge is 0.358 e. The van der Waals surface area contributed by atoms with Crippen molar-refractivity contribution in [3.05, 3.63) is 35.2 Å². The van der Waals surface area contributed by atoms with Crippen molar-refractivity contribution in [3.8, 4) is 0 Å². The average Bonchev–Trinajstić information content (AvgIpc) is 2.87. The van der Waals surface area contributed by atoms with Crippen LogP contribution in [0.2, 0.25) is 0 Å². The highest BCUT2D eigenvalue weighted by Crippen LogP contribution is 2.23. The van der Waals surface area contributed by atoms with Crippen molar-refractivity contribution in [2.24, 2.45) is 0 Å². The Bertz CT molecular complexity index is 740. The normalized spacial score (nSPS) is 11.1. The Morgan fingerprint density at radius 1 is 1.40 bits per heavy atom. The Morgan fingerprint density at radius 2 is 2.15 bits per heavy atom. The molecule has 0 saturated heterocycles. The molecule has 0 aromatic carbocycles. The number of carbonyl (C=O) groups excluding carboxylic acids is 1. The third-order valence-electron chi connectivity index (χ3n) is 2.31. The summed E-state index contributed by atoms with van der Waals surface area (Å²) in [5.41, 5.74) is 2.08. The minimum Gasteiger partial charge on any atom is -0.464 e. The number of rotatable bonds is 4. The maximum Gasteiger partial charge on any atom is 0.358 e. The molecular formula is C11H11N3O4S2. The fourth-order valence-corrected chi connectivity index (χ4v) is 3.65. The number of pyridine rings is 1. The lowest BCUT2D eigenvalue weighted by Crippen LogP contribution is -2.16. The number of aryl methyl sites for hydroxylation is 1. The summed E-state index contributed by atoms with van der Waals surface area (Å²) >= 11 is 0.846. The largest absolute Gasteiger partial charge is 0.464 e. The van der Waals surface area contributed by atoms with E-state index >= 15 is 0 Å². The minimum absolute atomic E-state index is 0.182. The molecule has 2 heterocycles. The number of nitrogens with one attached hydrogen (secondary N) is 1. The molecule has 106 valence electrons. The molecule has 0 atom stereocenters. The van der Waals surface area contributed by atoms with Crippen molar-refractivity contribution < 1.29 is 17.9 Å². The van der Waals surface area contributed by atoms with E-state index in [1.807, 2.05) is 0 Å². The molecule has 2 aromatic rings. The fraction of sp³-hybridized carbons (Fsp3) is 0.182. The molecule has 0 aliphatic carbocycles. The van der Waals surface area contributed by atoms with E-state index in [2.05, 4.69) is 19.4 Å². The van der Waals surface area contributed by atoms with Crippen molar-refractivity contribution >= 4 is 33.0 Å². The number of esters is 1. The molecule has 0 radical (unpaired) electrons. The van der Waals surface area contributed by atoms with Crippen LogP contribution in [0.25, 0.3) is 0 Å². The quantitative estimate of drug-likeness (QED) is 0.857. The molecule has 0 amide bonds. The van der Waals surface area contributed by atoms with Crippen molar-refractivity contribution in [2.45, 2.75) is 11.1 Å². The van der Waals surface area contributed by atoms with Gasteiger partial charge < -0.3 is 4.74 Å². The summed E-state index contributed by atoms with van der Waals surface area (Å²) < 4.78 is 31.2. The van der Waals surface area contributed by atoms with Crippen molar-refractivity contribution in [2.75, 3.05) is 11.8 Å². The first kappa shape index (κ1) is 14.4. The topological polar surface area (TPSA) is 98.2 Å². The third-order valence-corrected chi connectivity index (χ3v) is 5.06. The van der Waals surface area contributed by atoms with Gasteiger partial charge in [-0.05, 0) is 19.1 Å². The maximum atomic E-state index is 12.2. The lowest BCUT2D eigenvalue weighted by atomic mass is 10.3. The number of aromatic nitrogens is 2. The number of nitrogens with zero attached hydrogens (tertiary/aromatic N) is 2. The average molecular weight is 313 g/mol. The van der Waals surface area contributed by atoms with Crippen LogP contribution in [0.1, 0.15) is 16.2 Å². The van der Waals surface area contributed by atoms with Crippen LogP contribution >= 0.6 is 11.3 Å². The molecule has 2 rings (SSSR count). The van der Waals surface area contributed by atoms with Crippen LogP contribution in [-0.4, -0.2) is 31.5 Å². The zero-order valence-corrected chi connectivity index (χ0v) is 12.3. The number of methoxy groups -OCH3 is 1. The van der Waals surface area contributed by atoms with Crippen LogP contribution in [0, 0.1) is 6.92 Å². The number of thiazole rings is 1. The highest BCUT2D eigenvalue weighted by molar-refractivity contribution is 7.94. The first-order valence-corrected chi connectivity index (χ1v) is 7.77. The zero-order valence-electron chi connectivity index (χ0n) is 10.7. The Morgan fingerprint density at radius 3 is 2.80 bits per heavy atom. The first-order chi connectivity index (χ1) is 9.44. The minimum atomic E-state index is -3.90. The maximum absolute atomic E-state index is 12.2. The standard InChI is InChI=1S/C11H11N3O4S2/c1-7-5-8(3-4-12-7)14-20(16,17)11-9(10(15)18-2)13-6-19-11/h3-6H,1-2H3,(H,12,14). The molecule has 0 bridgehead atoms. The summed E-state index contributed by atoms with van der Waals surface area (Å²) in [6, 6.07) is 3.10. The van der Waals surface area contributed by atoms with Crippen LogP contribution in [0.15, 0.2) is 28.0 Å². The Labute approximate surface area is 119 Å². The van der Waals surface area contributed by atoms with E-state index < -0.39 is 16.0 Å². The van der Waals surface area contributed by atoms with Crippen LogP contribution < -0.4 is 4.72 Å². The summed E-state index contributed by atoms with van der Waals surface area (Å²) in [7, 11) is -2.73. The molecule has 7 nitrogen and oxygen atoms in total. The number of hydrogen-bond acceptors (Lipinski definition) is 7. The number of hydrogen-bond donors (Lipinski definition) is 1. The van der Waals surface area contributed by atoms with Crippen LogP contribution in [0.3, 0.4) is 0 Å². The van der Waals surface area contributed by atoms with E-state index in [0.29, 0.717) is 11.4 Å². The second-order valence-corrected chi connectivity index (χ2v) is 6.50. The number of ether oxygens (including phenoxy) is 1. The molecule has 0 unspecified atom stereocenters. The Balaban J connectivity index is 2.36. The second-order valence-electron chi connectivity index (χ2n) is 3.77. The molecule has 0 aliphatic heterocycles. The van der Waals surface area contributed by atoms with Crippen molar-refractivity contribution in [3.63, 3.8) is 0 Å². The number of anilines is 1. The highest BCUT2D eigenvalue weighted by atomic mass is 32.2. The summed E-state index contributed by atoms with van der Waals surface area (Å²) in [5.74, 6) is -0.794. The molecular weight excluding hydrogens is 302 g/mol. The van der Waals surface area contributed by atoms with Gasteiger partial charge in [0.05, 0.1) is 18.3 Å². The van der Waals surface area contributed by atoms with Gasteiger partial charge in [-0.1, -0.05) is 0 Å². The van der Waals surface area contributed by atoms with Gasteiger partial charge in [0.25, 0.3) is 10.0 Å². The molecule has 20 heavy (non-hydrogen) atoms. The van der Waals surface area contributed by atoms with Gasteiger partial charge >= 0.3 is 5.97 Å². The fourth-order valence-electron chi connectivity index (χ4n) is 1.47. The summed E-state index contributed by atoms with van der Waals surface area (Å²) in [5, 5.41) is 0. The summed E-state index contributed by atoms with van der Waals surface area (Å²) in [6.45, 7) is 1.74. The highest BCUT2D eigenvalue weighted by Gasteiger charge is 2.26. The predicted octanol–water partition coefficient (Wildman–Crippen LogP) is 1.43. The van der Waals surface area contributed by atoms with E-state index in [1.165, 1.54) is 17.8 Å². The van der Waals surface area contributed by atoms with Crippen LogP contribution in [0.5, 0.6) is 0 Å². The lowest BCUT2D eigenvalue weighted by Gasteiger charge is -2.07. The first-order valence-electron chi connectivity index (χ1n) is 5.41. The lowest BCUT2D eigenvalue weighted by molar-refractivity contribution is 0.0590. The van der Waals surface area contributed by atoms with Gasteiger partial charge in [0.15, 0.2) is 9.90 Å². The molecule has 1 N–H and O–H groups in total. The summed E-state index contributed by atoms with van der Waals surface area (Å²) in [6.07, 6.45) is 1.49. The van der Waals surface area contributed by atoms with E-state index in [9.17, 15) is 13.2 Å². The Hall–Kier alpha value is -2.00. The SMILES string of the molecule is COC(=O)c1ncsc1S(=O)(=O)Nc1ccnc(C)c1. The molecule has 2 aromatic heterocycles. The Kier molecular flexibility index (Phi) is 4.00. The third kappa shape index (κ3) is 2.94. The van der Waals surface area contributed by atoms with E-state index in [1.54, 1.807) is 13.0 Å². The van der Waals surface area contributed by atoms with Crippen LogP contribution in [0.4, 0.5) is 5.69 Å². The van der Waals surface area contributed by atoms with Gasteiger partial charge in [-0.25, -0.2) is 18.2 Å². The van der Waals surface area contributed by atoms with Gasteiger partial charge in [0, 0.05) is 11.9 Å². The van der Waals surface area contributed by atoms with Crippen molar-refractivity contribution in [1.29, 1.82) is 0 Å². The van der Waals surface area contributed by atoms with Gasteiger partial charge in [0.1, 0.15) is 0 Å². The zero-order chi connectivity index (χ0) is 14.8. The van der Waals surface area contributed by atoms with Crippen molar-refractivity contribution in [1.82, 2.24) is 9.97 Å². The molecule has 0 spiro atoms. The monoisotopic (exact) mass is 313 g/mol. The summed E-state index contributed by atoms with van der Waals surface area (Å²) in [4.78, 5) is 19.2. The number of carbonyl (C=O) groups is 1. The van der Waals surface area contributed by atoms with Gasteiger partial charge in [0.2, 0.25) is 0 Å². The van der Waals surface area contributed by atoms with E-state index in [-0.39, 0.29) is 9.90 Å². The van der Waals surface area contributed by atoms with E-state index in [0.717, 1.165) is 18.4 Å². The van der Waals surface area contributed by atoms with Crippen LogP contribution in [-0.2, 0) is 14.8 Å². The predicted molar refractivity (Wildman–Crippen MR) is 73.2 cm³/mol. The molecule has 9 heteroatoms. The van der Waals surface area contributed by atoms with E-state index in [4.69, 9.17) is 0 Å². The number of sulfonamides is 1. The molecule has 0 fully saturated rings. The van der Waals surface area contributed by atoms with Gasteiger partial charge in [-0.15, -0.1) is 11.3 Å². The molecule has 0 aliphatic rings.